The van der Waals surface area contributed by atoms with Crippen LogP contribution in [-0.2, 0) is 11.8 Å². The molecule has 1 aliphatic rings. The minimum absolute atomic E-state index is 0.275. The van der Waals surface area contributed by atoms with Gasteiger partial charge >= 0.3 is 0 Å². The summed E-state index contributed by atoms with van der Waals surface area (Å²) in [7, 11) is 1.83. The summed E-state index contributed by atoms with van der Waals surface area (Å²) in [5.41, 5.74) is 10.3. The first kappa shape index (κ1) is 8.89. The maximum absolute atomic E-state index is 11.1. The van der Waals surface area contributed by atoms with Gasteiger partial charge in [0, 0.05) is 18.3 Å². The van der Waals surface area contributed by atoms with Crippen LogP contribution in [0.2, 0.25) is 0 Å². The highest BCUT2D eigenvalue weighted by Crippen LogP contribution is 2.11. The minimum atomic E-state index is -0.683. The molecule has 0 bridgehead atoms. The number of hydrogen-bond acceptors (Lipinski definition) is 4. The van der Waals surface area contributed by atoms with Crippen molar-refractivity contribution in [3.8, 4) is 0 Å². The topological polar surface area (TPSA) is 85.3 Å². The van der Waals surface area contributed by atoms with E-state index in [1.54, 1.807) is 10.9 Å². The zero-order valence-corrected chi connectivity index (χ0v) is 7.98. The summed E-state index contributed by atoms with van der Waals surface area (Å²) in [5, 5.41) is 7.94. The molecule has 1 aromatic rings. The molecule has 1 unspecified atom stereocenters. The lowest BCUT2D eigenvalue weighted by atomic mass is 10.1. The van der Waals surface area contributed by atoms with Gasteiger partial charge in [0.25, 0.3) is 5.91 Å². The van der Waals surface area contributed by atoms with Gasteiger partial charge in [-0.3, -0.25) is 9.48 Å². The first-order valence-electron chi connectivity index (χ1n) is 4.23. The Balaban J connectivity index is 2.42. The summed E-state index contributed by atoms with van der Waals surface area (Å²) in [5.74, 6) is -0.275. The van der Waals surface area contributed by atoms with Gasteiger partial charge in [-0.25, -0.2) is 5.43 Å². The molecule has 0 radical (unpaired) electrons. The highest BCUT2D eigenvalue weighted by molar-refractivity contribution is 6.19. The van der Waals surface area contributed by atoms with E-state index in [1.807, 2.05) is 14.0 Å². The fourth-order valence-corrected chi connectivity index (χ4v) is 1.36. The predicted octanol–water partition coefficient (Wildman–Crippen LogP) is -1.11. The molecule has 6 nitrogen and oxygen atoms in total. The van der Waals surface area contributed by atoms with Crippen molar-refractivity contribution < 1.29 is 4.79 Å². The largest absolute Gasteiger partial charge is 0.315 e. The summed E-state index contributed by atoms with van der Waals surface area (Å²) < 4.78 is 1.72. The lowest BCUT2D eigenvalue weighted by Crippen LogP contribution is -2.37. The molecule has 0 saturated carbocycles. The Morgan fingerprint density at radius 3 is 2.79 bits per heavy atom. The first-order valence-corrected chi connectivity index (χ1v) is 4.23. The molecule has 1 aliphatic heterocycles. The molecule has 6 heteroatoms. The number of hydrazone groups is 1. The molecule has 0 fully saturated rings. The third-order valence-corrected chi connectivity index (χ3v) is 2.37. The zero-order valence-electron chi connectivity index (χ0n) is 7.98. The van der Waals surface area contributed by atoms with E-state index in [-0.39, 0.29) is 5.91 Å². The summed E-state index contributed by atoms with van der Waals surface area (Å²) in [6.07, 6.45) is 1.66. The van der Waals surface area contributed by atoms with E-state index >= 15 is 0 Å². The Morgan fingerprint density at radius 2 is 2.36 bits per heavy atom. The maximum Gasteiger partial charge on any atom is 0.263 e. The lowest BCUT2D eigenvalue weighted by Gasteiger charge is -2.03. The van der Waals surface area contributed by atoms with E-state index < -0.39 is 6.04 Å². The number of rotatable bonds is 1. The molecular formula is C8H11N5O. The number of nitrogens with zero attached hydrogens (tertiary/aromatic N) is 3. The molecule has 2 heterocycles. The van der Waals surface area contributed by atoms with Gasteiger partial charge in [-0.05, 0) is 6.92 Å². The third kappa shape index (κ3) is 1.12. The van der Waals surface area contributed by atoms with Crippen molar-refractivity contribution in [1.29, 1.82) is 0 Å². The second-order valence-electron chi connectivity index (χ2n) is 3.22. The molecule has 14 heavy (non-hydrogen) atoms. The van der Waals surface area contributed by atoms with E-state index in [0.717, 1.165) is 11.3 Å². The summed E-state index contributed by atoms with van der Waals surface area (Å²) in [4.78, 5) is 11.1. The van der Waals surface area contributed by atoms with Crippen molar-refractivity contribution in [2.75, 3.05) is 0 Å². The predicted molar refractivity (Wildman–Crippen MR) is 50.6 cm³/mol. The molecule has 0 aliphatic carbocycles. The second-order valence-corrected chi connectivity index (χ2v) is 3.22. The highest BCUT2D eigenvalue weighted by Gasteiger charge is 2.29. The minimum Gasteiger partial charge on any atom is -0.315 e. The van der Waals surface area contributed by atoms with Crippen LogP contribution in [-0.4, -0.2) is 27.4 Å². The number of hydrogen-bond donors (Lipinski definition) is 2. The molecule has 0 aromatic carbocycles. The zero-order chi connectivity index (χ0) is 10.3. The Hall–Kier alpha value is -1.69. The number of amides is 1. The standard InChI is InChI=1S/C8H11N5O/c1-4-5(3-10-13(4)2)7-6(9)8(14)12-11-7/h3,6H,9H2,1-2H3,(H,12,14). The number of aryl methyl sites for hydroxylation is 1. The molecule has 1 aromatic heterocycles. The summed E-state index contributed by atoms with van der Waals surface area (Å²) >= 11 is 0. The van der Waals surface area contributed by atoms with E-state index in [1.165, 1.54) is 0 Å². The van der Waals surface area contributed by atoms with E-state index in [2.05, 4.69) is 15.6 Å². The van der Waals surface area contributed by atoms with Crippen molar-refractivity contribution in [1.82, 2.24) is 15.2 Å². The van der Waals surface area contributed by atoms with Crippen LogP contribution < -0.4 is 11.2 Å². The third-order valence-electron chi connectivity index (χ3n) is 2.37. The van der Waals surface area contributed by atoms with Crippen molar-refractivity contribution in [2.24, 2.45) is 17.9 Å². The quantitative estimate of drug-likeness (QED) is 0.593. The molecular weight excluding hydrogens is 182 g/mol. The second kappa shape index (κ2) is 2.91. The van der Waals surface area contributed by atoms with Crippen molar-refractivity contribution in [3.05, 3.63) is 17.5 Å². The molecule has 1 atom stereocenters. The van der Waals surface area contributed by atoms with Crippen molar-refractivity contribution in [2.45, 2.75) is 13.0 Å². The Labute approximate surface area is 80.8 Å². The van der Waals surface area contributed by atoms with Gasteiger partial charge in [0.1, 0.15) is 6.04 Å². The van der Waals surface area contributed by atoms with Crippen LogP contribution in [0.25, 0.3) is 0 Å². The van der Waals surface area contributed by atoms with E-state index in [9.17, 15) is 4.79 Å². The van der Waals surface area contributed by atoms with Crippen LogP contribution >= 0.6 is 0 Å². The van der Waals surface area contributed by atoms with Gasteiger partial charge in [-0.15, -0.1) is 0 Å². The number of aromatic nitrogens is 2. The van der Waals surface area contributed by atoms with Crippen LogP contribution in [0.4, 0.5) is 0 Å². The fourth-order valence-electron chi connectivity index (χ4n) is 1.36. The van der Waals surface area contributed by atoms with E-state index in [0.29, 0.717) is 5.71 Å². The van der Waals surface area contributed by atoms with Gasteiger partial charge < -0.3 is 5.73 Å². The number of nitrogens with two attached hydrogens (primary N) is 1. The van der Waals surface area contributed by atoms with Crippen molar-refractivity contribution >= 4 is 11.6 Å². The monoisotopic (exact) mass is 193 g/mol. The summed E-state index contributed by atoms with van der Waals surface area (Å²) in [6.45, 7) is 1.90. The van der Waals surface area contributed by atoms with Crippen LogP contribution in [0, 0.1) is 6.92 Å². The molecule has 74 valence electrons. The number of carbonyl (C=O) groups excluding carboxylic acids is 1. The van der Waals surface area contributed by atoms with E-state index in [4.69, 9.17) is 5.73 Å². The highest BCUT2D eigenvalue weighted by atomic mass is 16.2. The SMILES string of the molecule is Cc1c(C2=NNC(=O)C2N)cnn1C. The Morgan fingerprint density at radius 1 is 1.64 bits per heavy atom. The molecule has 0 saturated heterocycles. The number of nitrogens with one attached hydrogen (secondary N) is 1. The smallest absolute Gasteiger partial charge is 0.263 e. The van der Waals surface area contributed by atoms with Crippen LogP contribution in [0.15, 0.2) is 11.3 Å². The Bertz CT molecular complexity index is 419. The van der Waals surface area contributed by atoms with Crippen LogP contribution in [0.1, 0.15) is 11.3 Å². The van der Waals surface area contributed by atoms with Crippen LogP contribution in [0.3, 0.4) is 0 Å². The lowest BCUT2D eigenvalue weighted by molar-refractivity contribution is -0.120. The molecule has 0 spiro atoms. The first-order chi connectivity index (χ1) is 6.61. The summed E-state index contributed by atoms with van der Waals surface area (Å²) in [6, 6.07) is -0.683. The fraction of sp³-hybridized carbons (Fsp3) is 0.375. The normalized spacial score (nSPS) is 20.9. The maximum atomic E-state index is 11.1. The van der Waals surface area contributed by atoms with Gasteiger partial charge in [0.15, 0.2) is 0 Å². The van der Waals surface area contributed by atoms with Crippen molar-refractivity contribution in [3.63, 3.8) is 0 Å². The van der Waals surface area contributed by atoms with Gasteiger partial charge in [0.05, 0.1) is 11.9 Å². The van der Waals surface area contributed by atoms with Gasteiger partial charge in [0.2, 0.25) is 0 Å². The molecule has 3 N–H and O–H groups in total. The Kier molecular flexibility index (Phi) is 1.85. The average molecular weight is 193 g/mol. The van der Waals surface area contributed by atoms with Gasteiger partial charge in [-0.2, -0.15) is 10.2 Å². The molecule has 1 amide bonds. The molecule has 2 rings (SSSR count). The number of carbonyl (C=O) groups is 1. The van der Waals surface area contributed by atoms with Gasteiger partial charge in [-0.1, -0.05) is 0 Å². The average Bonchev–Trinajstić information content (AvgIpc) is 2.63. The van der Waals surface area contributed by atoms with Crippen LogP contribution in [0.5, 0.6) is 0 Å².